The van der Waals surface area contributed by atoms with Crippen molar-refractivity contribution >= 4 is 17.3 Å². The van der Waals surface area contributed by atoms with Gasteiger partial charge in [0.05, 0.1) is 0 Å². The number of hydrogen-bond acceptors (Lipinski definition) is 6. The van der Waals surface area contributed by atoms with E-state index >= 15 is 0 Å². The fourth-order valence-electron chi connectivity index (χ4n) is 2.07. The van der Waals surface area contributed by atoms with Crippen molar-refractivity contribution < 1.29 is 19.2 Å². The van der Waals surface area contributed by atoms with Crippen molar-refractivity contribution in [1.29, 1.82) is 0 Å². The van der Waals surface area contributed by atoms with Gasteiger partial charge in [0.15, 0.2) is 6.10 Å². The van der Waals surface area contributed by atoms with E-state index in [2.05, 4.69) is 10.1 Å². The molecule has 2 atom stereocenters. The average molecular weight is 280 g/mol. The molecule has 0 aromatic carbocycles. The maximum absolute atomic E-state index is 10.8. The van der Waals surface area contributed by atoms with Gasteiger partial charge in [-0.2, -0.15) is 16.3 Å². The number of rotatable bonds is 3. The SMILES string of the molecule is Cc1cscc1-c1noc(C2CCC(C(=O)O)O2)n1. The molecule has 3 heterocycles. The summed E-state index contributed by atoms with van der Waals surface area (Å²) >= 11 is 1.58. The van der Waals surface area contributed by atoms with E-state index in [1.165, 1.54) is 0 Å². The quantitative estimate of drug-likeness (QED) is 0.929. The number of aryl methyl sites for hydroxylation is 1. The van der Waals surface area contributed by atoms with Gasteiger partial charge in [-0.25, -0.2) is 4.79 Å². The third kappa shape index (κ3) is 2.26. The van der Waals surface area contributed by atoms with Crippen molar-refractivity contribution in [3.8, 4) is 11.4 Å². The van der Waals surface area contributed by atoms with Crippen LogP contribution in [0.25, 0.3) is 11.4 Å². The number of aromatic nitrogens is 2. The standard InChI is InChI=1S/C12H12N2O4S/c1-6-4-19-5-7(6)10-13-11(18-14-10)8-2-3-9(17-8)12(15)16/h4-5,8-9H,2-3H2,1H3,(H,15,16). The Morgan fingerprint density at radius 1 is 1.47 bits per heavy atom. The molecule has 7 heteroatoms. The predicted molar refractivity (Wildman–Crippen MR) is 66.8 cm³/mol. The van der Waals surface area contributed by atoms with Crippen molar-refractivity contribution in [3.63, 3.8) is 0 Å². The van der Waals surface area contributed by atoms with Gasteiger partial charge in [0, 0.05) is 10.9 Å². The van der Waals surface area contributed by atoms with Gasteiger partial charge < -0.3 is 14.4 Å². The average Bonchev–Trinajstić information content (AvgIpc) is 3.07. The first-order valence-corrected chi connectivity index (χ1v) is 6.84. The molecule has 6 nitrogen and oxygen atoms in total. The summed E-state index contributed by atoms with van der Waals surface area (Å²) in [6.45, 7) is 1.98. The summed E-state index contributed by atoms with van der Waals surface area (Å²) in [5.41, 5.74) is 2.03. The molecule has 1 aliphatic rings. The minimum absolute atomic E-state index is 0.351. The van der Waals surface area contributed by atoms with Gasteiger partial charge in [0.25, 0.3) is 5.89 Å². The van der Waals surface area contributed by atoms with E-state index in [4.69, 9.17) is 14.4 Å². The second kappa shape index (κ2) is 4.75. The minimum Gasteiger partial charge on any atom is -0.479 e. The first-order valence-electron chi connectivity index (χ1n) is 5.90. The maximum atomic E-state index is 10.8. The molecule has 1 fully saturated rings. The lowest BCUT2D eigenvalue weighted by molar-refractivity contribution is -0.150. The Morgan fingerprint density at radius 3 is 2.95 bits per heavy atom. The summed E-state index contributed by atoms with van der Waals surface area (Å²) in [6.07, 6.45) is -0.138. The van der Waals surface area contributed by atoms with Gasteiger partial charge in [-0.15, -0.1) is 0 Å². The summed E-state index contributed by atoms with van der Waals surface area (Å²) < 4.78 is 10.6. The second-order valence-corrected chi connectivity index (χ2v) is 5.20. The number of carbonyl (C=O) groups is 1. The number of ether oxygens (including phenoxy) is 1. The van der Waals surface area contributed by atoms with E-state index in [0.717, 1.165) is 11.1 Å². The zero-order valence-electron chi connectivity index (χ0n) is 10.2. The van der Waals surface area contributed by atoms with Crippen molar-refractivity contribution in [1.82, 2.24) is 10.1 Å². The van der Waals surface area contributed by atoms with Crippen LogP contribution in [0, 0.1) is 6.92 Å². The van der Waals surface area contributed by atoms with E-state index in [1.807, 2.05) is 17.7 Å². The van der Waals surface area contributed by atoms with Crippen LogP contribution < -0.4 is 0 Å². The molecule has 0 radical (unpaired) electrons. The first-order chi connectivity index (χ1) is 9.15. The third-order valence-electron chi connectivity index (χ3n) is 3.11. The summed E-state index contributed by atoms with van der Waals surface area (Å²) in [7, 11) is 0. The Hall–Kier alpha value is -1.73. The van der Waals surface area contributed by atoms with Crippen LogP contribution >= 0.6 is 11.3 Å². The topological polar surface area (TPSA) is 85.5 Å². The molecule has 1 N–H and O–H groups in total. The molecule has 0 bridgehead atoms. The fraction of sp³-hybridized carbons (Fsp3) is 0.417. The monoisotopic (exact) mass is 280 g/mol. The van der Waals surface area contributed by atoms with E-state index in [-0.39, 0.29) is 0 Å². The van der Waals surface area contributed by atoms with Crippen molar-refractivity contribution in [3.05, 3.63) is 22.2 Å². The molecular weight excluding hydrogens is 268 g/mol. The lowest BCUT2D eigenvalue weighted by atomic mass is 10.2. The largest absolute Gasteiger partial charge is 0.479 e. The number of nitrogens with zero attached hydrogens (tertiary/aromatic N) is 2. The van der Waals surface area contributed by atoms with Crippen LogP contribution in [0.2, 0.25) is 0 Å². The smallest absolute Gasteiger partial charge is 0.332 e. The molecule has 2 aromatic rings. The van der Waals surface area contributed by atoms with Crippen LogP contribution in [0.1, 0.15) is 30.4 Å². The molecule has 1 saturated heterocycles. The molecular formula is C12H12N2O4S. The van der Waals surface area contributed by atoms with Crippen LogP contribution in [0.15, 0.2) is 15.3 Å². The van der Waals surface area contributed by atoms with Crippen LogP contribution in [-0.4, -0.2) is 27.3 Å². The van der Waals surface area contributed by atoms with Gasteiger partial charge in [0.2, 0.25) is 5.82 Å². The molecule has 0 amide bonds. The normalized spacial score (nSPS) is 22.8. The van der Waals surface area contributed by atoms with E-state index < -0.39 is 18.2 Å². The van der Waals surface area contributed by atoms with Crippen LogP contribution in [-0.2, 0) is 9.53 Å². The minimum atomic E-state index is -0.948. The van der Waals surface area contributed by atoms with Crippen molar-refractivity contribution in [2.45, 2.75) is 32.0 Å². The van der Waals surface area contributed by atoms with E-state index in [0.29, 0.717) is 24.6 Å². The predicted octanol–water partition coefficient (Wildman–Crippen LogP) is 2.41. The van der Waals surface area contributed by atoms with E-state index in [1.54, 1.807) is 11.3 Å². The van der Waals surface area contributed by atoms with Gasteiger partial charge in [-0.3, -0.25) is 0 Å². The third-order valence-corrected chi connectivity index (χ3v) is 3.97. The molecule has 0 spiro atoms. The molecule has 19 heavy (non-hydrogen) atoms. The highest BCUT2D eigenvalue weighted by molar-refractivity contribution is 7.08. The van der Waals surface area contributed by atoms with Gasteiger partial charge in [0.1, 0.15) is 6.10 Å². The highest BCUT2D eigenvalue weighted by Gasteiger charge is 2.34. The van der Waals surface area contributed by atoms with Crippen LogP contribution in [0.3, 0.4) is 0 Å². The lowest BCUT2D eigenvalue weighted by Crippen LogP contribution is -2.18. The highest BCUT2D eigenvalue weighted by atomic mass is 32.1. The second-order valence-electron chi connectivity index (χ2n) is 4.45. The number of carboxylic acids is 1. The molecule has 1 aliphatic heterocycles. The van der Waals surface area contributed by atoms with Gasteiger partial charge in [-0.05, 0) is 30.7 Å². The van der Waals surface area contributed by atoms with Crippen LogP contribution in [0.5, 0.6) is 0 Å². The first kappa shape index (κ1) is 12.3. The number of hydrogen-bond donors (Lipinski definition) is 1. The number of carboxylic acid groups (broad SMARTS) is 1. The molecule has 2 aromatic heterocycles. The summed E-state index contributed by atoms with van der Waals surface area (Å²) in [6, 6.07) is 0. The van der Waals surface area contributed by atoms with Crippen LogP contribution in [0.4, 0.5) is 0 Å². The summed E-state index contributed by atoms with van der Waals surface area (Å²) in [4.78, 5) is 15.1. The molecule has 0 aliphatic carbocycles. The molecule has 100 valence electrons. The van der Waals surface area contributed by atoms with Gasteiger partial charge >= 0.3 is 5.97 Å². The maximum Gasteiger partial charge on any atom is 0.332 e. The van der Waals surface area contributed by atoms with Crippen molar-refractivity contribution in [2.24, 2.45) is 0 Å². The van der Waals surface area contributed by atoms with Gasteiger partial charge in [-0.1, -0.05) is 5.16 Å². The summed E-state index contributed by atoms with van der Waals surface area (Å²) in [5.74, 6) is -0.0728. The Bertz CT molecular complexity index is 606. The zero-order valence-corrected chi connectivity index (χ0v) is 11.0. The Balaban J connectivity index is 1.79. The van der Waals surface area contributed by atoms with E-state index in [9.17, 15) is 4.79 Å². The molecule has 0 saturated carbocycles. The fourth-order valence-corrected chi connectivity index (χ4v) is 2.89. The number of thiophene rings is 1. The number of aliphatic carboxylic acids is 1. The Kier molecular flexibility index (Phi) is 3.08. The Labute approximate surface area is 113 Å². The highest BCUT2D eigenvalue weighted by Crippen LogP contribution is 2.33. The zero-order chi connectivity index (χ0) is 13.4. The molecule has 2 unspecified atom stereocenters. The lowest BCUT2D eigenvalue weighted by Gasteiger charge is -2.05. The molecule has 3 rings (SSSR count). The van der Waals surface area contributed by atoms with Crippen molar-refractivity contribution in [2.75, 3.05) is 0 Å². The Morgan fingerprint density at radius 2 is 2.32 bits per heavy atom. The summed E-state index contributed by atoms with van der Waals surface area (Å²) in [5, 5.41) is 16.8.